The predicted octanol–water partition coefficient (Wildman–Crippen LogP) is 4.03. The van der Waals surface area contributed by atoms with Gasteiger partial charge in [-0.1, -0.05) is 26.8 Å². The molecule has 0 aliphatic carbocycles. The van der Waals surface area contributed by atoms with Gasteiger partial charge >= 0.3 is 5.97 Å². The smallest absolute Gasteiger partial charge is 0.337 e. The van der Waals surface area contributed by atoms with Crippen LogP contribution in [0.3, 0.4) is 0 Å². The Kier molecular flexibility index (Phi) is 5.87. The second-order valence-corrected chi connectivity index (χ2v) is 10.6. The maximum Gasteiger partial charge on any atom is 0.337 e. The van der Waals surface area contributed by atoms with Crippen molar-refractivity contribution in [1.29, 1.82) is 0 Å². The molecule has 0 N–H and O–H groups in total. The monoisotopic (exact) mass is 270 g/mol. The van der Waals surface area contributed by atoms with Crippen molar-refractivity contribution in [2.24, 2.45) is 0 Å². The summed E-state index contributed by atoms with van der Waals surface area (Å²) < 4.78 is 10.9. The molecule has 18 heavy (non-hydrogen) atoms. The first kappa shape index (κ1) is 17.0. The maximum atomic E-state index is 11.7. The van der Waals surface area contributed by atoms with Crippen molar-refractivity contribution in [2.75, 3.05) is 7.11 Å². The highest BCUT2D eigenvalue weighted by atomic mass is 28.4. The maximum absolute atomic E-state index is 11.7. The zero-order chi connectivity index (χ0) is 14.6. The van der Waals surface area contributed by atoms with Gasteiger partial charge in [-0.2, -0.15) is 0 Å². The molecule has 0 aliphatic heterocycles. The van der Waals surface area contributed by atoms with Crippen LogP contribution < -0.4 is 0 Å². The van der Waals surface area contributed by atoms with Crippen molar-refractivity contribution in [1.82, 2.24) is 0 Å². The lowest BCUT2D eigenvalue weighted by Crippen LogP contribution is -2.40. The topological polar surface area (TPSA) is 35.5 Å². The molecule has 0 amide bonds. The average molecular weight is 270 g/mol. The molecule has 0 radical (unpaired) electrons. The second-order valence-electron chi connectivity index (χ2n) is 5.88. The number of esters is 1. The van der Waals surface area contributed by atoms with Crippen molar-refractivity contribution in [3.63, 3.8) is 0 Å². The molecule has 0 fully saturated rings. The van der Waals surface area contributed by atoms with Gasteiger partial charge in [0.15, 0.2) is 0 Å². The van der Waals surface area contributed by atoms with Crippen LogP contribution in [0.1, 0.15) is 34.1 Å². The molecule has 0 unspecified atom stereocenters. The average Bonchev–Trinajstić information content (AvgIpc) is 2.22. The largest absolute Gasteiger partial charge is 0.546 e. The molecule has 0 rings (SSSR count). The minimum absolute atomic E-state index is 0.101. The highest BCUT2D eigenvalue weighted by molar-refractivity contribution is 6.74. The molecule has 0 heterocycles. The van der Waals surface area contributed by atoms with Crippen LogP contribution in [-0.4, -0.2) is 21.4 Å². The van der Waals surface area contributed by atoms with E-state index in [1.165, 1.54) is 7.11 Å². The van der Waals surface area contributed by atoms with Crippen molar-refractivity contribution < 1.29 is 14.0 Å². The molecule has 0 aromatic heterocycles. The van der Waals surface area contributed by atoms with Crippen molar-refractivity contribution in [3.8, 4) is 0 Å². The molecule has 4 heteroatoms. The Hall–Kier alpha value is -1.03. The molecular formula is C14H26O3Si. The highest BCUT2D eigenvalue weighted by Crippen LogP contribution is 2.38. The summed E-state index contributed by atoms with van der Waals surface area (Å²) in [7, 11) is -0.538. The Morgan fingerprint density at radius 1 is 1.33 bits per heavy atom. The number of carbonyl (C=O) groups excluding carboxylic acids is 1. The number of ether oxygens (including phenoxy) is 1. The van der Waals surface area contributed by atoms with Crippen LogP contribution in [0.5, 0.6) is 0 Å². The molecular weight excluding hydrogens is 244 g/mol. The Morgan fingerprint density at radius 3 is 2.17 bits per heavy atom. The minimum Gasteiger partial charge on any atom is -0.546 e. The van der Waals surface area contributed by atoms with Gasteiger partial charge in [0.25, 0.3) is 0 Å². The van der Waals surface area contributed by atoms with Crippen LogP contribution in [0.25, 0.3) is 0 Å². The number of hydrogen-bond acceptors (Lipinski definition) is 3. The third-order valence-electron chi connectivity index (χ3n) is 3.42. The molecule has 0 aromatic rings. The first-order chi connectivity index (χ1) is 8.06. The molecule has 0 saturated heterocycles. The number of methoxy groups -OCH3 is 1. The molecule has 3 nitrogen and oxygen atoms in total. The fourth-order valence-electron chi connectivity index (χ4n) is 1.24. The highest BCUT2D eigenvalue weighted by Gasteiger charge is 2.39. The lowest BCUT2D eigenvalue weighted by molar-refractivity contribution is -0.136. The van der Waals surface area contributed by atoms with Gasteiger partial charge in [0.2, 0.25) is 8.32 Å². The molecule has 0 aromatic carbocycles. The molecule has 0 atom stereocenters. The summed E-state index contributed by atoms with van der Waals surface area (Å²) in [5.41, 5.74) is 0.553. The fraction of sp³-hybridized carbons (Fsp3) is 0.643. The van der Waals surface area contributed by atoms with E-state index in [0.29, 0.717) is 17.8 Å². The Balaban J connectivity index is 5.25. The molecule has 0 bridgehead atoms. The van der Waals surface area contributed by atoms with Crippen molar-refractivity contribution >= 4 is 14.3 Å². The summed E-state index contributed by atoms with van der Waals surface area (Å²) >= 11 is 0. The normalized spacial score (nSPS) is 13.7. The SMILES string of the molecule is C=CC/C(C(=O)OC)=C(\C)O[Si](C)(C)C(C)(C)C. The zero-order valence-corrected chi connectivity index (χ0v) is 13.7. The van der Waals surface area contributed by atoms with E-state index in [4.69, 9.17) is 9.16 Å². The van der Waals surface area contributed by atoms with Crippen LogP contribution in [-0.2, 0) is 14.0 Å². The van der Waals surface area contributed by atoms with E-state index in [1.54, 1.807) is 6.08 Å². The van der Waals surface area contributed by atoms with Crippen LogP contribution >= 0.6 is 0 Å². The van der Waals surface area contributed by atoms with Crippen molar-refractivity contribution in [3.05, 3.63) is 24.0 Å². The number of hydrogen-bond donors (Lipinski definition) is 0. The summed E-state index contributed by atoms with van der Waals surface area (Å²) in [6, 6.07) is 0. The summed E-state index contributed by atoms with van der Waals surface area (Å²) in [6.07, 6.45) is 2.15. The lowest BCUT2D eigenvalue weighted by Gasteiger charge is -2.37. The van der Waals surface area contributed by atoms with Crippen LogP contribution in [0.4, 0.5) is 0 Å². The van der Waals surface area contributed by atoms with E-state index in [2.05, 4.69) is 40.4 Å². The Labute approximate surface area is 112 Å². The minimum atomic E-state index is -1.92. The van der Waals surface area contributed by atoms with Gasteiger partial charge in [-0.25, -0.2) is 4.79 Å². The Bertz CT molecular complexity index is 349. The quantitative estimate of drug-likeness (QED) is 0.249. The standard InChI is InChI=1S/C14H26O3Si/c1-9-10-12(13(15)16-6)11(2)17-18(7,8)14(3,4)5/h9H,1,10H2,2-8H3/b12-11-. The van der Waals surface area contributed by atoms with Gasteiger partial charge in [-0.15, -0.1) is 6.58 Å². The van der Waals surface area contributed by atoms with E-state index < -0.39 is 8.32 Å². The van der Waals surface area contributed by atoms with Crippen LogP contribution in [0.2, 0.25) is 18.1 Å². The molecule has 0 saturated carbocycles. The summed E-state index contributed by atoms with van der Waals surface area (Å²) in [5, 5.41) is 0.101. The van der Waals surface area contributed by atoms with Crippen LogP contribution in [0.15, 0.2) is 24.0 Å². The third-order valence-corrected chi connectivity index (χ3v) is 7.85. The lowest BCUT2D eigenvalue weighted by atomic mass is 10.1. The van der Waals surface area contributed by atoms with Gasteiger partial charge in [0.1, 0.15) is 0 Å². The Morgan fingerprint density at radius 2 is 1.83 bits per heavy atom. The third kappa shape index (κ3) is 4.33. The number of allylic oxidation sites excluding steroid dienone is 2. The van der Waals surface area contributed by atoms with Gasteiger partial charge in [0.05, 0.1) is 18.4 Å². The fourth-order valence-corrected chi connectivity index (χ4v) is 2.43. The van der Waals surface area contributed by atoms with E-state index in [-0.39, 0.29) is 11.0 Å². The predicted molar refractivity (Wildman–Crippen MR) is 77.8 cm³/mol. The molecule has 0 spiro atoms. The summed E-state index contributed by atoms with van der Waals surface area (Å²) in [6.45, 7) is 16.3. The van der Waals surface area contributed by atoms with Gasteiger partial charge in [-0.3, -0.25) is 0 Å². The molecule has 104 valence electrons. The summed E-state index contributed by atoms with van der Waals surface area (Å²) in [4.78, 5) is 11.7. The summed E-state index contributed by atoms with van der Waals surface area (Å²) in [5.74, 6) is 0.319. The van der Waals surface area contributed by atoms with E-state index >= 15 is 0 Å². The van der Waals surface area contributed by atoms with E-state index in [1.807, 2.05) is 6.92 Å². The van der Waals surface area contributed by atoms with Gasteiger partial charge in [-0.05, 0) is 25.1 Å². The first-order valence-electron chi connectivity index (χ1n) is 6.14. The number of rotatable bonds is 5. The first-order valence-corrected chi connectivity index (χ1v) is 9.05. The van der Waals surface area contributed by atoms with Crippen molar-refractivity contribution in [2.45, 2.75) is 52.2 Å². The second kappa shape index (κ2) is 6.23. The zero-order valence-electron chi connectivity index (χ0n) is 12.7. The number of carbonyl (C=O) groups is 1. The van der Waals surface area contributed by atoms with E-state index in [9.17, 15) is 4.79 Å². The molecule has 0 aliphatic rings. The van der Waals surface area contributed by atoms with Crippen LogP contribution in [0, 0.1) is 0 Å². The van der Waals surface area contributed by atoms with E-state index in [0.717, 1.165) is 0 Å². The van der Waals surface area contributed by atoms with Gasteiger partial charge in [0, 0.05) is 6.42 Å². The van der Waals surface area contributed by atoms with Gasteiger partial charge < -0.3 is 9.16 Å².